The van der Waals surface area contributed by atoms with Crippen LogP contribution in [0.4, 0.5) is 0 Å². The first kappa shape index (κ1) is 14.2. The number of rotatable bonds is 4. The van der Waals surface area contributed by atoms with Crippen LogP contribution < -0.4 is 5.32 Å². The predicted octanol–water partition coefficient (Wildman–Crippen LogP) is 2.32. The third-order valence-corrected chi connectivity index (χ3v) is 4.97. The average Bonchev–Trinajstić information content (AvgIpc) is 3.00. The van der Waals surface area contributed by atoms with Crippen molar-refractivity contribution in [2.24, 2.45) is 0 Å². The van der Waals surface area contributed by atoms with Gasteiger partial charge >= 0.3 is 0 Å². The number of thiophene rings is 1. The molecule has 1 aliphatic rings. The third-order valence-electron chi connectivity index (χ3n) is 3.94. The molecule has 3 rings (SSSR count). The number of amides is 1. The Morgan fingerprint density at radius 2 is 2.43 bits per heavy atom. The Balaban J connectivity index is 1.53. The molecule has 2 aromatic rings. The monoisotopic (exact) mass is 301 g/mol. The fourth-order valence-corrected chi connectivity index (χ4v) is 3.50. The maximum Gasteiger partial charge on any atom is 0.252 e. The summed E-state index contributed by atoms with van der Waals surface area (Å²) in [6.45, 7) is 4.88. The lowest BCUT2D eigenvalue weighted by Crippen LogP contribution is -2.44. The van der Waals surface area contributed by atoms with E-state index in [1.807, 2.05) is 11.3 Å². The lowest BCUT2D eigenvalue weighted by atomic mass is 10.1. The first-order chi connectivity index (χ1) is 10.2. The fraction of sp³-hybridized carbons (Fsp3) is 0.375. The van der Waals surface area contributed by atoms with Gasteiger partial charge in [-0.15, -0.1) is 11.3 Å². The Kier molecular flexibility index (Phi) is 4.31. The number of carbonyl (C=O) groups excluding carboxylic acids is 1. The Labute approximate surface area is 128 Å². The zero-order valence-corrected chi connectivity index (χ0v) is 12.9. The minimum Gasteiger partial charge on any atom is -0.350 e. The van der Waals surface area contributed by atoms with Gasteiger partial charge in [0, 0.05) is 42.9 Å². The second kappa shape index (κ2) is 6.37. The maximum atomic E-state index is 12.0. The van der Waals surface area contributed by atoms with Crippen LogP contribution in [0, 0.1) is 0 Å². The summed E-state index contributed by atoms with van der Waals surface area (Å²) < 4.78 is 0. The molecule has 21 heavy (non-hydrogen) atoms. The number of hydrogen-bond donors (Lipinski definition) is 1. The highest BCUT2D eigenvalue weighted by atomic mass is 32.1. The van der Waals surface area contributed by atoms with E-state index in [4.69, 9.17) is 0 Å². The zero-order chi connectivity index (χ0) is 14.7. The second-order valence-electron chi connectivity index (χ2n) is 5.39. The largest absolute Gasteiger partial charge is 0.350 e. The minimum atomic E-state index is -0.0526. The van der Waals surface area contributed by atoms with E-state index in [-0.39, 0.29) is 5.91 Å². The summed E-state index contributed by atoms with van der Waals surface area (Å²) in [5.74, 6) is -0.0526. The molecule has 1 aliphatic heterocycles. The van der Waals surface area contributed by atoms with Crippen LogP contribution in [0.25, 0.3) is 0 Å². The van der Waals surface area contributed by atoms with Crippen LogP contribution in [0.2, 0.25) is 0 Å². The van der Waals surface area contributed by atoms with Crippen LogP contribution in [-0.4, -0.2) is 34.9 Å². The Morgan fingerprint density at radius 1 is 1.52 bits per heavy atom. The zero-order valence-electron chi connectivity index (χ0n) is 12.1. The Hall–Kier alpha value is -1.72. The number of aromatic nitrogens is 1. The van der Waals surface area contributed by atoms with E-state index in [1.165, 1.54) is 10.4 Å². The number of carbonyl (C=O) groups is 1. The molecule has 1 amide bonds. The predicted molar refractivity (Wildman–Crippen MR) is 84.5 cm³/mol. The van der Waals surface area contributed by atoms with Crippen molar-refractivity contribution in [2.75, 3.05) is 13.1 Å². The molecule has 0 spiro atoms. The van der Waals surface area contributed by atoms with E-state index >= 15 is 0 Å². The molecule has 3 heterocycles. The molecule has 5 heteroatoms. The average molecular weight is 301 g/mol. The number of fused-ring (bicyclic) bond motifs is 1. The molecule has 2 aromatic heterocycles. The van der Waals surface area contributed by atoms with Gasteiger partial charge in [-0.3, -0.25) is 14.7 Å². The van der Waals surface area contributed by atoms with E-state index in [2.05, 4.69) is 33.6 Å². The van der Waals surface area contributed by atoms with Gasteiger partial charge in [0.25, 0.3) is 5.91 Å². The Morgan fingerprint density at radius 3 is 3.24 bits per heavy atom. The number of hydrogen-bond acceptors (Lipinski definition) is 4. The van der Waals surface area contributed by atoms with Gasteiger partial charge in [-0.25, -0.2) is 0 Å². The summed E-state index contributed by atoms with van der Waals surface area (Å²) in [7, 11) is 0. The van der Waals surface area contributed by atoms with Crippen molar-refractivity contribution in [3.05, 3.63) is 52.0 Å². The highest BCUT2D eigenvalue weighted by Crippen LogP contribution is 2.24. The van der Waals surface area contributed by atoms with Crippen molar-refractivity contribution < 1.29 is 4.79 Å². The maximum absolute atomic E-state index is 12.0. The van der Waals surface area contributed by atoms with Crippen LogP contribution >= 0.6 is 11.3 Å². The SMILES string of the molecule is C[C@@H](CNC(=O)c1cccnc1)N1CCc2sccc2C1. The molecule has 0 bridgehead atoms. The van der Waals surface area contributed by atoms with Gasteiger partial charge in [0.2, 0.25) is 0 Å². The first-order valence-electron chi connectivity index (χ1n) is 7.21. The van der Waals surface area contributed by atoms with Crippen LogP contribution in [0.1, 0.15) is 27.7 Å². The topological polar surface area (TPSA) is 45.2 Å². The molecule has 1 N–H and O–H groups in total. The van der Waals surface area contributed by atoms with Crippen molar-refractivity contribution in [3.8, 4) is 0 Å². The molecule has 110 valence electrons. The summed E-state index contributed by atoms with van der Waals surface area (Å²) >= 11 is 1.85. The van der Waals surface area contributed by atoms with E-state index < -0.39 is 0 Å². The Bertz CT molecular complexity index is 611. The summed E-state index contributed by atoms with van der Waals surface area (Å²) in [4.78, 5) is 19.9. The van der Waals surface area contributed by atoms with Crippen LogP contribution in [0.15, 0.2) is 36.0 Å². The van der Waals surface area contributed by atoms with Crippen LogP contribution in [0.3, 0.4) is 0 Å². The van der Waals surface area contributed by atoms with Gasteiger partial charge in [-0.2, -0.15) is 0 Å². The lowest BCUT2D eigenvalue weighted by molar-refractivity contribution is 0.0932. The van der Waals surface area contributed by atoms with Crippen molar-refractivity contribution in [3.63, 3.8) is 0 Å². The molecule has 0 saturated heterocycles. The smallest absolute Gasteiger partial charge is 0.252 e. The molecule has 0 radical (unpaired) electrons. The standard InChI is InChI=1S/C16H19N3OS/c1-12(9-18-16(20)13-3-2-6-17-10-13)19-7-4-15-14(11-19)5-8-21-15/h2-3,5-6,8,10,12H,4,7,9,11H2,1H3,(H,18,20)/t12-/m0/s1. The summed E-state index contributed by atoms with van der Waals surface area (Å²) in [5.41, 5.74) is 2.06. The van der Waals surface area contributed by atoms with Gasteiger partial charge in [-0.1, -0.05) is 0 Å². The van der Waals surface area contributed by atoms with E-state index in [0.717, 1.165) is 19.5 Å². The molecule has 4 nitrogen and oxygen atoms in total. The van der Waals surface area contributed by atoms with Crippen molar-refractivity contribution in [1.29, 1.82) is 0 Å². The molecular weight excluding hydrogens is 282 g/mol. The second-order valence-corrected chi connectivity index (χ2v) is 6.39. The number of nitrogens with one attached hydrogen (secondary N) is 1. The molecule has 0 saturated carbocycles. The van der Waals surface area contributed by atoms with Crippen LogP contribution in [-0.2, 0) is 13.0 Å². The van der Waals surface area contributed by atoms with Crippen molar-refractivity contribution in [1.82, 2.24) is 15.2 Å². The summed E-state index contributed by atoms with van der Waals surface area (Å²) in [6, 6.07) is 6.11. The van der Waals surface area contributed by atoms with Gasteiger partial charge < -0.3 is 5.32 Å². The molecule has 0 aromatic carbocycles. The van der Waals surface area contributed by atoms with Gasteiger partial charge in [0.15, 0.2) is 0 Å². The molecular formula is C16H19N3OS. The van der Waals surface area contributed by atoms with E-state index in [1.54, 1.807) is 24.5 Å². The molecule has 0 aliphatic carbocycles. The van der Waals surface area contributed by atoms with Gasteiger partial charge in [0.05, 0.1) is 5.56 Å². The van der Waals surface area contributed by atoms with Crippen molar-refractivity contribution in [2.45, 2.75) is 25.9 Å². The third kappa shape index (κ3) is 3.31. The minimum absolute atomic E-state index is 0.0526. The molecule has 1 atom stereocenters. The molecule has 0 unspecified atom stereocenters. The normalized spacial score (nSPS) is 16.2. The van der Waals surface area contributed by atoms with E-state index in [0.29, 0.717) is 18.2 Å². The fourth-order valence-electron chi connectivity index (χ4n) is 2.62. The quantitative estimate of drug-likeness (QED) is 0.942. The highest BCUT2D eigenvalue weighted by Gasteiger charge is 2.21. The number of pyridine rings is 1. The summed E-state index contributed by atoms with van der Waals surface area (Å²) in [6.07, 6.45) is 4.39. The van der Waals surface area contributed by atoms with Gasteiger partial charge in [0.1, 0.15) is 0 Å². The van der Waals surface area contributed by atoms with Crippen LogP contribution in [0.5, 0.6) is 0 Å². The highest BCUT2D eigenvalue weighted by molar-refractivity contribution is 7.10. The van der Waals surface area contributed by atoms with Crippen molar-refractivity contribution >= 4 is 17.2 Å². The van der Waals surface area contributed by atoms with E-state index in [9.17, 15) is 4.79 Å². The number of nitrogens with zero attached hydrogens (tertiary/aromatic N) is 2. The lowest BCUT2D eigenvalue weighted by Gasteiger charge is -2.32. The summed E-state index contributed by atoms with van der Waals surface area (Å²) in [5, 5.41) is 5.17. The molecule has 0 fully saturated rings. The first-order valence-corrected chi connectivity index (χ1v) is 8.09. The van der Waals surface area contributed by atoms with Gasteiger partial charge in [-0.05, 0) is 42.5 Å².